The van der Waals surface area contributed by atoms with Crippen LogP contribution in [0.2, 0.25) is 0 Å². The summed E-state index contributed by atoms with van der Waals surface area (Å²) in [6.45, 7) is 3.51. The van der Waals surface area contributed by atoms with E-state index >= 15 is 0 Å². The lowest BCUT2D eigenvalue weighted by Crippen LogP contribution is -2.46. The Morgan fingerprint density at radius 3 is 2.65 bits per heavy atom. The first-order valence-corrected chi connectivity index (χ1v) is 13.1. The van der Waals surface area contributed by atoms with Crippen LogP contribution in [0.25, 0.3) is 10.9 Å². The van der Waals surface area contributed by atoms with Gasteiger partial charge in [-0.25, -0.2) is 13.2 Å². The maximum absolute atomic E-state index is 12.8. The molecule has 3 heterocycles. The highest BCUT2D eigenvalue weighted by atomic mass is 32.2. The number of aliphatic carboxylic acids is 1. The minimum atomic E-state index is -3.66. The number of aromatic amines is 1. The van der Waals surface area contributed by atoms with Gasteiger partial charge < -0.3 is 20.1 Å². The zero-order valence-electron chi connectivity index (χ0n) is 20.6. The number of carboxylic acid groups (broad SMARTS) is 1. The van der Waals surface area contributed by atoms with Gasteiger partial charge in [0, 0.05) is 25.0 Å². The summed E-state index contributed by atoms with van der Waals surface area (Å²) in [5.74, 6) is -0.857. The molecule has 1 aliphatic heterocycles. The molecule has 37 heavy (non-hydrogen) atoms. The molecule has 4 rings (SSSR count). The average Bonchev–Trinajstić information content (AvgIpc) is 3.24. The monoisotopic (exact) mass is 528 g/mol. The molecule has 0 amide bonds. The molecule has 1 saturated heterocycles. The Morgan fingerprint density at radius 1 is 1.38 bits per heavy atom. The van der Waals surface area contributed by atoms with Gasteiger partial charge in [0.05, 0.1) is 35.0 Å². The van der Waals surface area contributed by atoms with Gasteiger partial charge in [-0.15, -0.1) is 0 Å². The number of H-pyrrole nitrogens is 1. The molecule has 1 aliphatic rings. The highest BCUT2D eigenvalue weighted by molar-refractivity contribution is 7.89. The first-order chi connectivity index (χ1) is 17.5. The molecule has 1 fully saturated rings. The predicted molar refractivity (Wildman–Crippen MR) is 135 cm³/mol. The summed E-state index contributed by atoms with van der Waals surface area (Å²) in [6.07, 6.45) is 1.00. The number of nitriles is 1. The van der Waals surface area contributed by atoms with Gasteiger partial charge in [0.1, 0.15) is 5.39 Å². The van der Waals surface area contributed by atoms with Crippen LogP contribution in [0, 0.1) is 11.3 Å². The van der Waals surface area contributed by atoms with Crippen molar-refractivity contribution in [3.8, 4) is 6.07 Å². The Morgan fingerprint density at radius 2 is 2.08 bits per heavy atom. The summed E-state index contributed by atoms with van der Waals surface area (Å²) in [5.41, 5.74) is -0.416. The Balaban J connectivity index is 1.72. The van der Waals surface area contributed by atoms with Crippen LogP contribution in [0.1, 0.15) is 33.1 Å². The zero-order valence-corrected chi connectivity index (χ0v) is 21.4. The molecule has 0 radical (unpaired) electrons. The van der Waals surface area contributed by atoms with Crippen molar-refractivity contribution in [1.82, 2.24) is 19.1 Å². The number of nitrogens with zero attached hydrogens (tertiary/aromatic N) is 4. The van der Waals surface area contributed by atoms with Crippen LogP contribution in [-0.4, -0.2) is 64.4 Å². The van der Waals surface area contributed by atoms with E-state index in [0.29, 0.717) is 17.6 Å². The number of nitrogens with one attached hydrogen (secondary N) is 2. The molecule has 13 heteroatoms. The summed E-state index contributed by atoms with van der Waals surface area (Å²) in [7, 11) is -2.14. The van der Waals surface area contributed by atoms with E-state index in [1.807, 2.05) is 0 Å². The van der Waals surface area contributed by atoms with E-state index in [0.717, 1.165) is 0 Å². The van der Waals surface area contributed by atoms with E-state index in [4.69, 9.17) is 4.74 Å². The van der Waals surface area contributed by atoms with Gasteiger partial charge in [0.2, 0.25) is 10.0 Å². The number of pyridine rings is 1. The van der Waals surface area contributed by atoms with Gasteiger partial charge in [-0.1, -0.05) is 0 Å². The standard InChI is InChI=1S/C24H28N6O6S/c1-15(2)29(3)37(34,35)17-6-4-16(5-7-17)27-21-20-18(9-13-26-22(20)31)30(28-21)24(11-12-25)10-8-19(23(32)33)36-14-24/h4-7,9,13,15,19H,8,10-11,14H2,1-3H3,(H,26,31)(H,27,28)(H,32,33). The largest absolute Gasteiger partial charge is 0.479 e. The fourth-order valence-electron chi connectivity index (χ4n) is 4.35. The summed E-state index contributed by atoms with van der Waals surface area (Å²) >= 11 is 0. The van der Waals surface area contributed by atoms with Crippen molar-refractivity contribution in [3.05, 3.63) is 46.9 Å². The third kappa shape index (κ3) is 4.83. The number of anilines is 2. The van der Waals surface area contributed by atoms with E-state index in [2.05, 4.69) is 21.5 Å². The van der Waals surface area contributed by atoms with E-state index in [9.17, 15) is 28.4 Å². The van der Waals surface area contributed by atoms with Crippen LogP contribution in [0.15, 0.2) is 46.2 Å². The molecule has 12 nitrogen and oxygen atoms in total. The second-order valence-electron chi connectivity index (χ2n) is 9.33. The highest BCUT2D eigenvalue weighted by Crippen LogP contribution is 2.37. The van der Waals surface area contributed by atoms with Gasteiger partial charge in [0.15, 0.2) is 11.9 Å². The molecular formula is C24H28N6O6S. The van der Waals surface area contributed by atoms with Gasteiger partial charge >= 0.3 is 5.97 Å². The van der Waals surface area contributed by atoms with Crippen molar-refractivity contribution in [1.29, 1.82) is 5.26 Å². The van der Waals surface area contributed by atoms with Crippen LogP contribution in [0.5, 0.6) is 0 Å². The van der Waals surface area contributed by atoms with E-state index in [1.54, 1.807) is 36.7 Å². The molecule has 2 atom stereocenters. The predicted octanol–water partition coefficient (Wildman–Crippen LogP) is 2.37. The van der Waals surface area contributed by atoms with Crippen molar-refractivity contribution in [3.63, 3.8) is 0 Å². The minimum Gasteiger partial charge on any atom is -0.479 e. The first kappa shape index (κ1) is 26.3. The van der Waals surface area contributed by atoms with E-state index in [1.165, 1.54) is 29.7 Å². The Labute approximate surface area is 213 Å². The molecule has 0 saturated carbocycles. The Hall–Kier alpha value is -3.73. The Kier molecular flexibility index (Phi) is 7.09. The number of sulfonamides is 1. The van der Waals surface area contributed by atoms with Crippen molar-refractivity contribution >= 4 is 38.4 Å². The number of fused-ring (bicyclic) bond motifs is 1. The lowest BCUT2D eigenvalue weighted by Gasteiger charge is -2.38. The van der Waals surface area contributed by atoms with Crippen molar-refractivity contribution in [2.45, 2.75) is 55.7 Å². The Bertz CT molecular complexity index is 1510. The summed E-state index contributed by atoms with van der Waals surface area (Å²) in [5, 5.41) is 26.8. The molecule has 3 aromatic rings. The zero-order chi connectivity index (χ0) is 27.0. The number of hydrogen-bond donors (Lipinski definition) is 3. The third-order valence-corrected chi connectivity index (χ3v) is 8.73. The van der Waals surface area contributed by atoms with E-state index in [-0.39, 0.29) is 41.6 Å². The second-order valence-corrected chi connectivity index (χ2v) is 11.3. The number of aromatic nitrogens is 3. The summed E-state index contributed by atoms with van der Waals surface area (Å²) < 4.78 is 34.0. The van der Waals surface area contributed by atoms with Gasteiger partial charge in [-0.3, -0.25) is 9.48 Å². The smallest absolute Gasteiger partial charge is 0.332 e. The minimum absolute atomic E-state index is 0.00170. The SMILES string of the molecule is CC(C)N(C)S(=O)(=O)c1ccc(Nc2nn(C3(CC#N)CCC(C(=O)O)OC3)c3cc[nH]c(=O)c23)cc1. The van der Waals surface area contributed by atoms with Crippen LogP contribution < -0.4 is 10.9 Å². The molecule has 0 spiro atoms. The quantitative estimate of drug-likeness (QED) is 0.397. The maximum Gasteiger partial charge on any atom is 0.332 e. The summed E-state index contributed by atoms with van der Waals surface area (Å²) in [6, 6.07) is 9.69. The first-order valence-electron chi connectivity index (χ1n) is 11.7. The number of hydrogen-bond acceptors (Lipinski definition) is 8. The lowest BCUT2D eigenvalue weighted by molar-refractivity contribution is -0.158. The topological polar surface area (TPSA) is 170 Å². The number of carbonyl (C=O) groups is 1. The van der Waals surface area contributed by atoms with E-state index < -0.39 is 33.2 Å². The number of benzene rings is 1. The number of carboxylic acids is 1. The lowest BCUT2D eigenvalue weighted by atomic mass is 9.87. The molecule has 2 aromatic heterocycles. The summed E-state index contributed by atoms with van der Waals surface area (Å²) in [4.78, 5) is 26.9. The number of rotatable bonds is 8. The van der Waals surface area contributed by atoms with Gasteiger partial charge in [-0.2, -0.15) is 14.7 Å². The molecule has 0 bridgehead atoms. The van der Waals surface area contributed by atoms with Crippen LogP contribution in [0.4, 0.5) is 11.5 Å². The molecule has 1 aromatic carbocycles. The second kappa shape index (κ2) is 9.97. The molecule has 196 valence electrons. The van der Waals surface area contributed by atoms with Crippen LogP contribution in [0.3, 0.4) is 0 Å². The van der Waals surface area contributed by atoms with Crippen molar-refractivity contribution < 1.29 is 23.1 Å². The molecule has 3 N–H and O–H groups in total. The fourth-order valence-corrected chi connectivity index (χ4v) is 5.72. The molecule has 2 unspecified atom stereocenters. The van der Waals surface area contributed by atoms with Crippen LogP contribution >= 0.6 is 0 Å². The number of ether oxygens (including phenoxy) is 1. The van der Waals surface area contributed by atoms with Crippen molar-refractivity contribution in [2.24, 2.45) is 0 Å². The highest BCUT2D eigenvalue weighted by Gasteiger charge is 2.42. The van der Waals surface area contributed by atoms with Gasteiger partial charge in [0.25, 0.3) is 5.56 Å². The third-order valence-electron chi connectivity index (χ3n) is 6.68. The molecular weight excluding hydrogens is 500 g/mol. The molecule has 0 aliphatic carbocycles. The van der Waals surface area contributed by atoms with Gasteiger partial charge in [-0.05, 0) is 57.0 Å². The average molecular weight is 529 g/mol. The maximum atomic E-state index is 12.8. The van der Waals surface area contributed by atoms with Crippen molar-refractivity contribution in [2.75, 3.05) is 19.0 Å². The normalized spacial score (nSPS) is 20.3. The van der Waals surface area contributed by atoms with Crippen LogP contribution in [-0.2, 0) is 25.1 Å². The fraction of sp³-hybridized carbons (Fsp3) is 0.417.